The Hall–Kier alpha value is -6.09. The summed E-state index contributed by atoms with van der Waals surface area (Å²) >= 11 is 6.25. The van der Waals surface area contributed by atoms with Crippen LogP contribution in [0.1, 0.15) is 81.8 Å². The van der Waals surface area contributed by atoms with Crippen molar-refractivity contribution in [3.8, 4) is 17.6 Å². The molecule has 3 aromatic carbocycles. The van der Waals surface area contributed by atoms with Crippen LogP contribution in [0.4, 0.5) is 5.69 Å². The number of nitrogens with one attached hydrogen (secondary N) is 2. The van der Waals surface area contributed by atoms with Crippen LogP contribution in [0.5, 0.6) is 11.5 Å². The van der Waals surface area contributed by atoms with Crippen molar-refractivity contribution in [2.45, 2.75) is 84.1 Å². The Bertz CT molecular complexity index is 2560. The Labute approximate surface area is 388 Å². The number of carbonyl (C=O) groups is 4. The van der Waals surface area contributed by atoms with E-state index < -0.39 is 23.4 Å². The highest BCUT2D eigenvalue weighted by Gasteiger charge is 2.64. The van der Waals surface area contributed by atoms with Crippen LogP contribution in [0.2, 0.25) is 5.02 Å². The van der Waals surface area contributed by atoms with Crippen LogP contribution in [0.3, 0.4) is 0 Å². The van der Waals surface area contributed by atoms with Crippen LogP contribution in [0, 0.1) is 22.2 Å². The number of likely N-dealkylation sites (tertiary alicyclic amines) is 1. The second kappa shape index (κ2) is 19.4. The van der Waals surface area contributed by atoms with Gasteiger partial charge in [0, 0.05) is 93.0 Å². The highest BCUT2D eigenvalue weighted by Crippen LogP contribution is 2.55. The summed E-state index contributed by atoms with van der Waals surface area (Å²) in [5, 5.41) is 23.3. The van der Waals surface area contributed by atoms with Crippen molar-refractivity contribution in [2.24, 2.45) is 10.8 Å². The number of piperidine rings is 2. The number of amides is 4. The Morgan fingerprint density at radius 1 is 0.909 bits per heavy atom. The van der Waals surface area contributed by atoms with Crippen molar-refractivity contribution < 1.29 is 33.4 Å². The summed E-state index contributed by atoms with van der Waals surface area (Å²) in [7, 11) is 0. The van der Waals surface area contributed by atoms with Gasteiger partial charge in [0.25, 0.3) is 23.3 Å². The van der Waals surface area contributed by atoms with Gasteiger partial charge in [0.1, 0.15) is 35.2 Å². The number of ether oxygens (including phenoxy) is 3. The van der Waals surface area contributed by atoms with E-state index in [-0.39, 0.29) is 65.7 Å². The standard InChI is InChI=1S/C48H56ClN9O8/c1-47(2)45(48(3,4)46(47)66-35-11-8-31(28-50)37(49)27-35)52-42(61)30-6-9-32(10-7-30)56-23-21-55(22-24-56)18-5-25-64-33-16-19-57(20-17-33)41(60)29-65-34-12-13-38-36(26-34)44(63)58(54-53-38)39-14-15-40(59)51-43(39)62/h6-13,26-27,33,39,45-46H,5,14-25,29H2,1-4H3,(H,52,61)(H,51,59,62). The number of carbonyl (C=O) groups excluding carboxylic acids is 4. The molecule has 3 saturated heterocycles. The number of aromatic nitrogens is 3. The molecule has 0 spiro atoms. The first-order valence-corrected chi connectivity index (χ1v) is 23.0. The number of halogens is 1. The minimum absolute atomic E-state index is 0.0859. The van der Waals surface area contributed by atoms with Gasteiger partial charge in [0.05, 0.1) is 22.1 Å². The summed E-state index contributed by atoms with van der Waals surface area (Å²) < 4.78 is 19.4. The highest BCUT2D eigenvalue weighted by molar-refractivity contribution is 6.31. The van der Waals surface area contributed by atoms with Gasteiger partial charge in [0.15, 0.2) is 6.61 Å². The fourth-order valence-corrected chi connectivity index (χ4v) is 10.4. The Kier molecular flexibility index (Phi) is 13.7. The largest absolute Gasteiger partial charge is 0.489 e. The molecule has 66 heavy (non-hydrogen) atoms. The number of hydrogen-bond acceptors (Lipinski definition) is 13. The lowest BCUT2D eigenvalue weighted by molar-refractivity contribution is -0.164. The van der Waals surface area contributed by atoms with Gasteiger partial charge in [-0.1, -0.05) is 44.5 Å². The van der Waals surface area contributed by atoms with Gasteiger partial charge in [-0.05, 0) is 80.3 Å². The van der Waals surface area contributed by atoms with Crippen molar-refractivity contribution in [1.82, 2.24) is 35.4 Å². The van der Waals surface area contributed by atoms with Gasteiger partial charge in [0.2, 0.25) is 5.91 Å². The molecule has 1 aromatic heterocycles. The first-order valence-electron chi connectivity index (χ1n) is 22.6. The first-order chi connectivity index (χ1) is 31.6. The lowest BCUT2D eigenvalue weighted by atomic mass is 9.49. The number of nitrogens with zero attached hydrogens (tertiary/aromatic N) is 7. The van der Waals surface area contributed by atoms with Gasteiger partial charge >= 0.3 is 0 Å². The van der Waals surface area contributed by atoms with E-state index in [9.17, 15) is 29.2 Å². The second-order valence-corrected chi connectivity index (χ2v) is 19.2. The third-order valence-electron chi connectivity index (χ3n) is 13.6. The molecule has 4 amide bonds. The summed E-state index contributed by atoms with van der Waals surface area (Å²) in [6, 6.07) is 18.6. The summed E-state index contributed by atoms with van der Waals surface area (Å²) in [5.41, 5.74) is 1.17. The molecule has 1 saturated carbocycles. The molecule has 18 heteroatoms. The number of hydrogen-bond donors (Lipinski definition) is 2. The lowest BCUT2D eigenvalue weighted by Gasteiger charge is -2.63. The van der Waals surface area contributed by atoms with Crippen molar-refractivity contribution in [3.63, 3.8) is 0 Å². The molecule has 1 aliphatic carbocycles. The third-order valence-corrected chi connectivity index (χ3v) is 13.9. The maximum atomic E-state index is 13.5. The Morgan fingerprint density at radius 3 is 2.30 bits per heavy atom. The first kappa shape index (κ1) is 46.4. The zero-order valence-corrected chi connectivity index (χ0v) is 38.5. The minimum Gasteiger partial charge on any atom is -0.489 e. The van der Waals surface area contributed by atoms with Crippen LogP contribution in [-0.4, -0.2) is 126 Å². The molecule has 8 rings (SSSR count). The Morgan fingerprint density at radius 2 is 1.62 bits per heavy atom. The van der Waals surface area contributed by atoms with E-state index in [1.807, 2.05) is 24.3 Å². The summed E-state index contributed by atoms with van der Waals surface area (Å²) in [5.74, 6) is -0.353. The normalized spacial score (nSPS) is 22.0. The molecule has 0 radical (unpaired) electrons. The van der Waals surface area contributed by atoms with Gasteiger partial charge < -0.3 is 29.3 Å². The Balaban J connectivity index is 0.713. The molecule has 4 fully saturated rings. The van der Waals surface area contributed by atoms with Gasteiger partial charge in [-0.3, -0.25) is 34.2 Å². The monoisotopic (exact) mass is 921 g/mol. The number of piperazine rings is 1. The molecule has 4 aromatic rings. The maximum Gasteiger partial charge on any atom is 0.278 e. The van der Waals surface area contributed by atoms with E-state index >= 15 is 0 Å². The maximum absolute atomic E-state index is 13.5. The molecule has 4 heterocycles. The molecule has 17 nitrogen and oxygen atoms in total. The fourth-order valence-electron chi connectivity index (χ4n) is 10.2. The molecule has 3 aliphatic heterocycles. The van der Waals surface area contributed by atoms with Crippen molar-refractivity contribution in [1.29, 1.82) is 5.26 Å². The molecule has 1 unspecified atom stereocenters. The summed E-state index contributed by atoms with van der Waals surface area (Å²) in [6.45, 7) is 14.5. The summed E-state index contributed by atoms with van der Waals surface area (Å²) in [4.78, 5) is 70.2. The van der Waals surface area contributed by atoms with Crippen LogP contribution >= 0.6 is 11.6 Å². The van der Waals surface area contributed by atoms with Crippen molar-refractivity contribution >= 4 is 51.8 Å². The van der Waals surface area contributed by atoms with Gasteiger partial charge in [-0.15, -0.1) is 5.10 Å². The summed E-state index contributed by atoms with van der Waals surface area (Å²) in [6.07, 6.45) is 2.54. The number of nitriles is 1. The average molecular weight is 922 g/mol. The van der Waals surface area contributed by atoms with Crippen LogP contribution in [0.15, 0.2) is 65.5 Å². The lowest BCUT2D eigenvalue weighted by Crippen LogP contribution is -2.74. The number of benzene rings is 3. The predicted molar refractivity (Wildman–Crippen MR) is 245 cm³/mol. The topological polar surface area (TPSA) is 201 Å². The second-order valence-electron chi connectivity index (χ2n) is 18.8. The van der Waals surface area contributed by atoms with E-state index in [0.29, 0.717) is 52.9 Å². The number of fused-ring (bicyclic) bond motifs is 1. The molecule has 348 valence electrons. The molecular weight excluding hydrogens is 866 g/mol. The van der Waals surface area contributed by atoms with Crippen molar-refractivity contribution in [3.05, 3.63) is 87.2 Å². The van der Waals surface area contributed by atoms with E-state index in [4.69, 9.17) is 25.8 Å². The number of rotatable bonds is 14. The predicted octanol–water partition coefficient (Wildman–Crippen LogP) is 4.50. The smallest absolute Gasteiger partial charge is 0.278 e. The van der Waals surface area contributed by atoms with E-state index in [2.05, 4.69) is 64.5 Å². The fraction of sp³-hybridized carbons (Fsp3) is 0.500. The van der Waals surface area contributed by atoms with Crippen molar-refractivity contribution in [2.75, 3.05) is 63.9 Å². The highest BCUT2D eigenvalue weighted by atomic mass is 35.5. The molecule has 1 atom stereocenters. The number of imide groups is 1. The quantitative estimate of drug-likeness (QED) is 0.132. The SMILES string of the molecule is CC1(C)C(NC(=O)c2ccc(N3CCN(CCCOC4CCN(C(=O)COc5ccc6nnn(C7CCC(=O)NC7=O)c(=O)c6c5)CC4)CC3)cc2)C(C)(C)C1Oc1ccc(C#N)c(Cl)c1. The molecule has 0 bridgehead atoms. The number of anilines is 1. The average Bonchev–Trinajstić information content (AvgIpc) is 3.31. The van der Waals surface area contributed by atoms with Gasteiger partial charge in [-0.2, -0.15) is 9.94 Å². The van der Waals surface area contributed by atoms with Gasteiger partial charge in [-0.25, -0.2) is 0 Å². The minimum atomic E-state index is -0.934. The van der Waals surface area contributed by atoms with E-state index in [1.54, 1.807) is 35.2 Å². The third kappa shape index (κ3) is 9.86. The molecule has 4 aliphatic rings. The van der Waals surface area contributed by atoms with Crippen LogP contribution in [-0.2, 0) is 19.1 Å². The molecular formula is C48H56ClN9O8. The van der Waals surface area contributed by atoms with Crippen LogP contribution in [0.25, 0.3) is 10.9 Å². The zero-order chi connectivity index (χ0) is 46.8. The van der Waals surface area contributed by atoms with E-state index in [1.165, 1.54) is 6.07 Å². The van der Waals surface area contributed by atoms with Crippen LogP contribution < -0.4 is 30.6 Å². The van der Waals surface area contributed by atoms with E-state index in [0.717, 1.165) is 62.4 Å². The molecule has 2 N–H and O–H groups in total. The zero-order valence-electron chi connectivity index (χ0n) is 37.8.